The van der Waals surface area contributed by atoms with Crippen molar-refractivity contribution in [1.29, 1.82) is 0 Å². The molecule has 0 atom stereocenters. The summed E-state index contributed by atoms with van der Waals surface area (Å²) in [4.78, 5) is 8.05. The zero-order valence-electron chi connectivity index (χ0n) is 9.89. The first kappa shape index (κ1) is 12.6. The number of nitrogens with one attached hydrogen (secondary N) is 2. The number of fused-ring (bicyclic) bond motifs is 1. The van der Waals surface area contributed by atoms with E-state index in [4.69, 9.17) is 22.2 Å². The molecule has 4 N–H and O–H groups in total. The number of hydrazine groups is 1. The molecule has 0 unspecified atom stereocenters. The van der Waals surface area contributed by atoms with Gasteiger partial charge in [-0.1, -0.05) is 17.7 Å². The normalized spacial score (nSPS) is 10.8. The van der Waals surface area contributed by atoms with Gasteiger partial charge in [0.05, 0.1) is 11.2 Å². The minimum absolute atomic E-state index is 0.0443. The van der Waals surface area contributed by atoms with Crippen molar-refractivity contribution < 1.29 is 9.13 Å². The van der Waals surface area contributed by atoms with Crippen LogP contribution in [0.15, 0.2) is 24.4 Å². The first-order valence-corrected chi connectivity index (χ1v) is 5.86. The van der Waals surface area contributed by atoms with Crippen LogP contribution in [-0.2, 0) is 0 Å². The Balaban J connectivity index is 2.10. The number of nitrogens with zero attached hydrogens (tertiary/aromatic N) is 3. The molecule has 0 spiro atoms. The monoisotopic (exact) mass is 294 g/mol. The van der Waals surface area contributed by atoms with Gasteiger partial charge in [-0.3, -0.25) is 10.5 Å². The Labute approximate surface area is 116 Å². The van der Waals surface area contributed by atoms with Gasteiger partial charge in [-0.25, -0.2) is 10.2 Å². The molecule has 0 aliphatic carbocycles. The molecule has 2 heterocycles. The number of nitrogens with two attached hydrogens (primary N) is 1. The van der Waals surface area contributed by atoms with Crippen LogP contribution in [0.5, 0.6) is 11.6 Å². The molecule has 7 nitrogen and oxygen atoms in total. The van der Waals surface area contributed by atoms with E-state index >= 15 is 0 Å². The third-order valence-corrected chi connectivity index (χ3v) is 2.82. The summed E-state index contributed by atoms with van der Waals surface area (Å²) in [5.74, 6) is 4.76. The Kier molecular flexibility index (Phi) is 3.09. The van der Waals surface area contributed by atoms with Gasteiger partial charge < -0.3 is 4.74 Å². The molecule has 9 heteroatoms. The number of halogens is 2. The largest absolute Gasteiger partial charge is 0.435 e. The lowest BCUT2D eigenvalue weighted by Crippen LogP contribution is -2.11. The molecule has 0 radical (unpaired) electrons. The summed E-state index contributed by atoms with van der Waals surface area (Å²) in [6, 6.07) is 4.42. The summed E-state index contributed by atoms with van der Waals surface area (Å²) in [5.41, 5.74) is 2.70. The lowest BCUT2D eigenvalue weighted by atomic mass is 10.3. The van der Waals surface area contributed by atoms with E-state index in [9.17, 15) is 4.39 Å². The molecule has 1 aromatic carbocycles. The Bertz CT molecular complexity index is 777. The lowest BCUT2D eigenvalue weighted by molar-refractivity contribution is 0.432. The number of benzene rings is 1. The predicted molar refractivity (Wildman–Crippen MR) is 71.0 cm³/mol. The van der Waals surface area contributed by atoms with E-state index in [2.05, 4.69) is 25.6 Å². The van der Waals surface area contributed by atoms with Crippen molar-refractivity contribution >= 4 is 28.6 Å². The second kappa shape index (κ2) is 4.91. The molecule has 0 fully saturated rings. The van der Waals surface area contributed by atoms with Crippen LogP contribution in [0.3, 0.4) is 0 Å². The summed E-state index contributed by atoms with van der Waals surface area (Å²) in [5, 5.41) is 6.92. The average molecular weight is 295 g/mol. The smallest absolute Gasteiger partial charge is 0.242 e. The van der Waals surface area contributed by atoms with Crippen molar-refractivity contribution in [2.45, 2.75) is 0 Å². The standard InChI is InChI=1S/C11H8ClFN6O/c12-6-2-1-3-7(8(6)13)20-10-5-4-15-19-9(5)16-11(17-10)18-14/h1-4H,14H2,(H2,15,16,17,18,19). The Hall–Kier alpha value is -2.45. The maximum atomic E-state index is 13.8. The molecule has 0 aliphatic rings. The molecule has 0 aliphatic heterocycles. The minimum Gasteiger partial charge on any atom is -0.435 e. The van der Waals surface area contributed by atoms with Gasteiger partial charge in [0.25, 0.3) is 0 Å². The van der Waals surface area contributed by atoms with E-state index in [0.29, 0.717) is 11.0 Å². The molecule has 0 amide bonds. The Morgan fingerprint density at radius 3 is 3.00 bits per heavy atom. The van der Waals surface area contributed by atoms with E-state index in [1.165, 1.54) is 18.3 Å². The second-order valence-corrected chi connectivity index (χ2v) is 4.19. The van der Waals surface area contributed by atoms with Crippen LogP contribution < -0.4 is 16.0 Å². The molecular formula is C11H8ClFN6O. The summed E-state index contributed by atoms with van der Waals surface area (Å²) in [7, 11) is 0. The molecule has 20 heavy (non-hydrogen) atoms. The fraction of sp³-hybridized carbons (Fsp3) is 0. The van der Waals surface area contributed by atoms with Crippen LogP contribution in [0.4, 0.5) is 10.3 Å². The highest BCUT2D eigenvalue weighted by atomic mass is 35.5. The van der Waals surface area contributed by atoms with Crippen LogP contribution in [0.1, 0.15) is 0 Å². The van der Waals surface area contributed by atoms with Gasteiger partial charge in [0.15, 0.2) is 17.2 Å². The van der Waals surface area contributed by atoms with Gasteiger partial charge in [-0.05, 0) is 12.1 Å². The highest BCUT2D eigenvalue weighted by Gasteiger charge is 2.14. The molecule has 0 saturated heterocycles. The van der Waals surface area contributed by atoms with Crippen molar-refractivity contribution in [3.63, 3.8) is 0 Å². The summed E-state index contributed by atoms with van der Waals surface area (Å²) in [6.45, 7) is 0. The van der Waals surface area contributed by atoms with E-state index in [-0.39, 0.29) is 22.6 Å². The minimum atomic E-state index is -0.674. The van der Waals surface area contributed by atoms with E-state index in [0.717, 1.165) is 0 Å². The molecule has 3 aromatic rings. The van der Waals surface area contributed by atoms with E-state index in [1.807, 2.05) is 0 Å². The number of hydrogen-bond donors (Lipinski definition) is 3. The molecule has 0 bridgehead atoms. The van der Waals surface area contributed by atoms with Gasteiger partial charge in [0.1, 0.15) is 5.39 Å². The van der Waals surface area contributed by atoms with Gasteiger partial charge in [0, 0.05) is 0 Å². The number of H-pyrrole nitrogens is 1. The lowest BCUT2D eigenvalue weighted by Gasteiger charge is -2.08. The number of hydrogen-bond acceptors (Lipinski definition) is 6. The van der Waals surface area contributed by atoms with Gasteiger partial charge >= 0.3 is 0 Å². The van der Waals surface area contributed by atoms with Crippen LogP contribution in [0, 0.1) is 5.82 Å². The number of anilines is 1. The van der Waals surface area contributed by atoms with Crippen LogP contribution in [0.25, 0.3) is 11.0 Å². The van der Waals surface area contributed by atoms with Crippen molar-refractivity contribution in [2.24, 2.45) is 5.84 Å². The van der Waals surface area contributed by atoms with Gasteiger partial charge in [0.2, 0.25) is 11.8 Å². The highest BCUT2D eigenvalue weighted by Crippen LogP contribution is 2.31. The zero-order chi connectivity index (χ0) is 14.1. The molecule has 3 rings (SSSR count). The maximum absolute atomic E-state index is 13.8. The van der Waals surface area contributed by atoms with Gasteiger partial charge in [-0.15, -0.1) is 0 Å². The first-order chi connectivity index (χ1) is 9.69. The van der Waals surface area contributed by atoms with E-state index < -0.39 is 5.82 Å². The predicted octanol–water partition coefficient (Wildman–Crippen LogP) is 2.22. The summed E-state index contributed by atoms with van der Waals surface area (Å²) >= 11 is 5.70. The highest BCUT2D eigenvalue weighted by molar-refractivity contribution is 6.30. The Morgan fingerprint density at radius 2 is 2.20 bits per heavy atom. The number of aromatic amines is 1. The van der Waals surface area contributed by atoms with Crippen molar-refractivity contribution in [2.75, 3.05) is 5.43 Å². The SMILES string of the molecule is NNc1nc(Oc2cccc(Cl)c2F)c2cn[nH]c2n1. The fourth-order valence-electron chi connectivity index (χ4n) is 1.62. The molecule has 102 valence electrons. The fourth-order valence-corrected chi connectivity index (χ4v) is 1.78. The topological polar surface area (TPSA) is 102 Å². The second-order valence-electron chi connectivity index (χ2n) is 3.78. The van der Waals surface area contributed by atoms with Crippen LogP contribution in [0.2, 0.25) is 5.02 Å². The number of nitrogen functional groups attached to an aromatic ring is 1. The zero-order valence-corrected chi connectivity index (χ0v) is 10.6. The molecular weight excluding hydrogens is 287 g/mol. The number of rotatable bonds is 3. The summed E-state index contributed by atoms with van der Waals surface area (Å²) < 4.78 is 19.3. The third-order valence-electron chi connectivity index (χ3n) is 2.53. The van der Waals surface area contributed by atoms with Crippen molar-refractivity contribution in [1.82, 2.24) is 20.2 Å². The third kappa shape index (κ3) is 2.10. The molecule has 0 saturated carbocycles. The molecule has 2 aromatic heterocycles. The van der Waals surface area contributed by atoms with Crippen LogP contribution in [-0.4, -0.2) is 20.2 Å². The Morgan fingerprint density at radius 1 is 1.35 bits per heavy atom. The maximum Gasteiger partial charge on any atom is 0.242 e. The quantitative estimate of drug-likeness (QED) is 0.506. The number of aromatic nitrogens is 4. The number of ether oxygens (including phenoxy) is 1. The first-order valence-electron chi connectivity index (χ1n) is 5.48. The average Bonchev–Trinajstić information content (AvgIpc) is 2.92. The summed E-state index contributed by atoms with van der Waals surface area (Å²) in [6.07, 6.45) is 1.47. The van der Waals surface area contributed by atoms with E-state index in [1.54, 1.807) is 6.07 Å². The van der Waals surface area contributed by atoms with Gasteiger partial charge in [-0.2, -0.15) is 15.1 Å². The van der Waals surface area contributed by atoms with Crippen molar-refractivity contribution in [3.05, 3.63) is 35.2 Å². The van der Waals surface area contributed by atoms with Crippen LogP contribution >= 0.6 is 11.6 Å². The van der Waals surface area contributed by atoms with Crippen molar-refractivity contribution in [3.8, 4) is 11.6 Å².